The Kier molecular flexibility index (Phi) is 5.97. The topological polar surface area (TPSA) is 53.2 Å². The highest BCUT2D eigenvalue weighted by Crippen LogP contribution is 2.29. The van der Waals surface area contributed by atoms with Gasteiger partial charge in [-0.05, 0) is 54.2 Å². The van der Waals surface area contributed by atoms with E-state index in [1.165, 1.54) is 13.0 Å². The van der Waals surface area contributed by atoms with Crippen LogP contribution in [0.1, 0.15) is 18.1 Å². The number of benzene rings is 2. The first-order valence-electron chi connectivity index (χ1n) is 7.33. The van der Waals surface area contributed by atoms with Crippen molar-refractivity contribution in [2.75, 3.05) is 10.6 Å². The van der Waals surface area contributed by atoms with Crippen molar-refractivity contribution in [3.63, 3.8) is 0 Å². The predicted octanol–water partition coefficient (Wildman–Crippen LogP) is 4.15. The van der Waals surface area contributed by atoms with E-state index in [0.29, 0.717) is 16.9 Å². The second-order valence-electron chi connectivity index (χ2n) is 5.26. The van der Waals surface area contributed by atoms with Crippen molar-refractivity contribution in [2.24, 2.45) is 0 Å². The minimum absolute atomic E-state index is 0.166. The van der Waals surface area contributed by atoms with E-state index in [1.807, 2.05) is 0 Å². The third-order valence-corrected chi connectivity index (χ3v) is 3.42. The van der Waals surface area contributed by atoms with Gasteiger partial charge in [-0.15, -0.1) is 0 Å². The summed E-state index contributed by atoms with van der Waals surface area (Å²) >= 11 is 5.13. The van der Waals surface area contributed by atoms with Crippen molar-refractivity contribution in [3.8, 4) is 0 Å². The molecule has 132 valence electrons. The van der Waals surface area contributed by atoms with Crippen LogP contribution in [0.25, 0.3) is 0 Å². The van der Waals surface area contributed by atoms with E-state index in [-0.39, 0.29) is 17.6 Å². The molecule has 0 heterocycles. The average molecular weight is 367 g/mol. The maximum absolute atomic E-state index is 12.7. The minimum Gasteiger partial charge on any atom is -0.358 e. The van der Waals surface area contributed by atoms with Gasteiger partial charge in [0.25, 0.3) is 0 Å². The molecule has 4 nitrogen and oxygen atoms in total. The van der Waals surface area contributed by atoms with E-state index in [9.17, 15) is 18.0 Å². The van der Waals surface area contributed by atoms with Crippen molar-refractivity contribution in [2.45, 2.75) is 19.6 Å². The normalized spacial score (nSPS) is 10.9. The zero-order valence-corrected chi connectivity index (χ0v) is 14.1. The number of hydrogen-bond acceptors (Lipinski definition) is 2. The Bertz CT molecular complexity index is 760. The number of carbonyl (C=O) groups excluding carboxylic acids is 1. The van der Waals surface area contributed by atoms with Crippen molar-refractivity contribution < 1.29 is 18.0 Å². The first-order chi connectivity index (χ1) is 11.7. The SMILES string of the molecule is CC(=O)Nc1ccc(NC(=S)NCc2cccc(C(F)(F)F)c2)cc1. The first kappa shape index (κ1) is 18.7. The quantitative estimate of drug-likeness (QED) is 0.711. The van der Waals surface area contributed by atoms with Crippen molar-refractivity contribution in [1.29, 1.82) is 0 Å². The zero-order chi connectivity index (χ0) is 18.4. The Hall–Kier alpha value is -2.61. The van der Waals surface area contributed by atoms with Crippen LogP contribution in [0.3, 0.4) is 0 Å². The number of amides is 1. The van der Waals surface area contributed by atoms with Crippen LogP contribution in [-0.4, -0.2) is 11.0 Å². The molecule has 0 atom stereocenters. The van der Waals surface area contributed by atoms with Crippen LogP contribution in [0.2, 0.25) is 0 Å². The number of alkyl halides is 3. The minimum atomic E-state index is -4.37. The fourth-order valence-corrected chi connectivity index (χ4v) is 2.25. The molecule has 0 fully saturated rings. The van der Waals surface area contributed by atoms with E-state index in [0.717, 1.165) is 12.1 Å². The van der Waals surface area contributed by atoms with Crippen LogP contribution in [-0.2, 0) is 17.5 Å². The highest BCUT2D eigenvalue weighted by atomic mass is 32.1. The van der Waals surface area contributed by atoms with Crippen LogP contribution in [0.5, 0.6) is 0 Å². The largest absolute Gasteiger partial charge is 0.416 e. The molecule has 0 aromatic heterocycles. The molecule has 0 aliphatic rings. The molecule has 8 heteroatoms. The fraction of sp³-hybridized carbons (Fsp3) is 0.176. The van der Waals surface area contributed by atoms with Gasteiger partial charge in [0.2, 0.25) is 5.91 Å². The van der Waals surface area contributed by atoms with Crippen LogP contribution in [0.4, 0.5) is 24.5 Å². The van der Waals surface area contributed by atoms with E-state index in [2.05, 4.69) is 16.0 Å². The van der Waals surface area contributed by atoms with Gasteiger partial charge in [0.15, 0.2) is 5.11 Å². The van der Waals surface area contributed by atoms with Gasteiger partial charge in [-0.3, -0.25) is 4.79 Å². The van der Waals surface area contributed by atoms with Crippen molar-refractivity contribution in [3.05, 3.63) is 59.7 Å². The Morgan fingerprint density at radius 3 is 2.20 bits per heavy atom. The summed E-state index contributed by atoms with van der Waals surface area (Å²) in [6.45, 7) is 1.58. The molecule has 0 saturated heterocycles. The van der Waals surface area contributed by atoms with Gasteiger partial charge in [0.05, 0.1) is 5.56 Å². The van der Waals surface area contributed by atoms with Gasteiger partial charge >= 0.3 is 6.18 Å². The van der Waals surface area contributed by atoms with Gasteiger partial charge in [-0.1, -0.05) is 12.1 Å². The lowest BCUT2D eigenvalue weighted by Crippen LogP contribution is -2.28. The number of halogens is 3. The second-order valence-corrected chi connectivity index (χ2v) is 5.67. The Balaban J connectivity index is 1.89. The van der Waals surface area contributed by atoms with E-state index in [1.54, 1.807) is 30.3 Å². The molecule has 0 saturated carbocycles. The monoisotopic (exact) mass is 367 g/mol. The van der Waals surface area contributed by atoms with Gasteiger partial charge in [0.1, 0.15) is 0 Å². The summed E-state index contributed by atoms with van der Waals surface area (Å²) in [7, 11) is 0. The molecule has 2 aromatic rings. The molecule has 2 aromatic carbocycles. The van der Waals surface area contributed by atoms with Gasteiger partial charge in [0, 0.05) is 24.8 Å². The smallest absolute Gasteiger partial charge is 0.358 e. The number of nitrogens with one attached hydrogen (secondary N) is 3. The van der Waals surface area contributed by atoms with E-state index in [4.69, 9.17) is 12.2 Å². The number of anilines is 2. The van der Waals surface area contributed by atoms with Crippen LogP contribution in [0.15, 0.2) is 48.5 Å². The van der Waals surface area contributed by atoms with Gasteiger partial charge < -0.3 is 16.0 Å². The highest BCUT2D eigenvalue weighted by Gasteiger charge is 2.30. The molecule has 0 radical (unpaired) electrons. The lowest BCUT2D eigenvalue weighted by molar-refractivity contribution is -0.137. The molecule has 1 amide bonds. The Labute approximate surface area is 148 Å². The fourth-order valence-electron chi connectivity index (χ4n) is 2.06. The molecule has 3 N–H and O–H groups in total. The van der Waals surface area contributed by atoms with Crippen LogP contribution in [0, 0.1) is 0 Å². The van der Waals surface area contributed by atoms with Crippen molar-refractivity contribution in [1.82, 2.24) is 5.32 Å². The van der Waals surface area contributed by atoms with Gasteiger partial charge in [-0.2, -0.15) is 13.2 Å². The summed E-state index contributed by atoms with van der Waals surface area (Å²) in [6.07, 6.45) is -4.37. The predicted molar refractivity (Wildman–Crippen MR) is 95.3 cm³/mol. The molecule has 25 heavy (non-hydrogen) atoms. The summed E-state index contributed by atoms with van der Waals surface area (Å²) in [6, 6.07) is 11.9. The summed E-state index contributed by atoms with van der Waals surface area (Å²) < 4.78 is 38.0. The molecule has 0 aliphatic heterocycles. The molecular formula is C17H16F3N3OS. The standard InChI is InChI=1S/C17H16F3N3OS/c1-11(24)22-14-5-7-15(8-6-14)23-16(25)21-10-12-3-2-4-13(9-12)17(18,19)20/h2-9H,10H2,1H3,(H,22,24)(H2,21,23,25). The molecule has 0 bridgehead atoms. The highest BCUT2D eigenvalue weighted by molar-refractivity contribution is 7.80. The summed E-state index contributed by atoms with van der Waals surface area (Å²) in [5.74, 6) is -0.168. The van der Waals surface area contributed by atoms with E-state index >= 15 is 0 Å². The van der Waals surface area contributed by atoms with Crippen LogP contribution < -0.4 is 16.0 Å². The van der Waals surface area contributed by atoms with Gasteiger partial charge in [-0.25, -0.2) is 0 Å². The number of carbonyl (C=O) groups is 1. The molecule has 0 spiro atoms. The maximum atomic E-state index is 12.7. The summed E-state index contributed by atoms with van der Waals surface area (Å²) in [4.78, 5) is 11.0. The Morgan fingerprint density at radius 1 is 1.04 bits per heavy atom. The third-order valence-electron chi connectivity index (χ3n) is 3.17. The summed E-state index contributed by atoms with van der Waals surface area (Å²) in [5.41, 5.74) is 1.12. The van der Waals surface area contributed by atoms with Crippen molar-refractivity contribution >= 4 is 34.6 Å². The molecule has 0 unspecified atom stereocenters. The average Bonchev–Trinajstić information content (AvgIpc) is 2.54. The first-order valence-corrected chi connectivity index (χ1v) is 7.73. The second kappa shape index (κ2) is 7.98. The number of hydrogen-bond donors (Lipinski definition) is 3. The number of thiocarbonyl (C=S) groups is 1. The lowest BCUT2D eigenvalue weighted by atomic mass is 10.1. The Morgan fingerprint density at radius 2 is 1.64 bits per heavy atom. The zero-order valence-electron chi connectivity index (χ0n) is 13.3. The lowest BCUT2D eigenvalue weighted by Gasteiger charge is -2.12. The summed E-state index contributed by atoms with van der Waals surface area (Å²) in [5, 5.41) is 8.70. The maximum Gasteiger partial charge on any atom is 0.416 e. The molecular weight excluding hydrogens is 351 g/mol. The number of rotatable bonds is 4. The molecule has 0 aliphatic carbocycles. The molecule has 2 rings (SSSR count). The van der Waals surface area contributed by atoms with E-state index < -0.39 is 11.7 Å². The third kappa shape index (κ3) is 6.07. The van der Waals surface area contributed by atoms with Crippen LogP contribution >= 0.6 is 12.2 Å².